The average molecular weight is 289 g/mol. The Morgan fingerprint density at radius 3 is 2.18 bits per heavy atom. The highest BCUT2D eigenvalue weighted by molar-refractivity contribution is 9.10. The number of esters is 2. The van der Waals surface area contributed by atoms with E-state index >= 15 is 0 Å². The molecule has 5 heteroatoms. The van der Waals surface area contributed by atoms with Gasteiger partial charge in [0.1, 0.15) is 7.85 Å². The van der Waals surface area contributed by atoms with Gasteiger partial charge in [-0.15, -0.1) is 0 Å². The van der Waals surface area contributed by atoms with Gasteiger partial charge >= 0.3 is 11.9 Å². The third kappa shape index (κ3) is 1.35. The van der Waals surface area contributed by atoms with Crippen LogP contribution in [0.15, 0.2) is 28.7 Å². The van der Waals surface area contributed by atoms with Gasteiger partial charge in [0.2, 0.25) is 0 Å². The van der Waals surface area contributed by atoms with Crippen LogP contribution in [-0.2, 0) is 4.74 Å². The zero-order chi connectivity index (χ0) is 12.2. The molecule has 0 aromatic heterocycles. The topological polar surface area (TPSA) is 43.4 Å². The largest absolute Gasteiger partial charge is 0.386 e. The maximum Gasteiger partial charge on any atom is 0.346 e. The third-order valence-corrected chi connectivity index (χ3v) is 3.60. The zero-order valence-electron chi connectivity index (χ0n) is 8.91. The summed E-state index contributed by atoms with van der Waals surface area (Å²) in [5.41, 5.74) is 1.91. The van der Waals surface area contributed by atoms with E-state index in [9.17, 15) is 9.59 Å². The smallest absolute Gasteiger partial charge is 0.346 e. The minimum atomic E-state index is -0.578. The van der Waals surface area contributed by atoms with Crippen LogP contribution in [0.25, 0.3) is 10.8 Å². The Kier molecular flexibility index (Phi) is 2.13. The molecule has 0 saturated heterocycles. The molecular formula is C12H6BBrO3. The molecule has 0 amide bonds. The molecule has 3 nitrogen and oxygen atoms in total. The molecule has 0 saturated carbocycles. The van der Waals surface area contributed by atoms with E-state index in [4.69, 9.17) is 0 Å². The highest BCUT2D eigenvalue weighted by Gasteiger charge is 2.28. The van der Waals surface area contributed by atoms with Gasteiger partial charge < -0.3 is 4.74 Å². The zero-order valence-corrected chi connectivity index (χ0v) is 10.5. The van der Waals surface area contributed by atoms with Crippen molar-refractivity contribution in [2.75, 3.05) is 0 Å². The highest BCUT2D eigenvalue weighted by atomic mass is 79.9. The van der Waals surface area contributed by atoms with Crippen LogP contribution < -0.4 is 5.46 Å². The van der Waals surface area contributed by atoms with Gasteiger partial charge in [0.05, 0.1) is 11.1 Å². The van der Waals surface area contributed by atoms with Crippen molar-refractivity contribution in [1.29, 1.82) is 0 Å². The summed E-state index contributed by atoms with van der Waals surface area (Å²) in [7, 11) is 1.94. The van der Waals surface area contributed by atoms with Gasteiger partial charge in [-0.3, -0.25) is 0 Å². The second kappa shape index (κ2) is 3.44. The van der Waals surface area contributed by atoms with Crippen LogP contribution in [0, 0.1) is 0 Å². The third-order valence-electron chi connectivity index (χ3n) is 2.94. The Balaban J connectivity index is 2.61. The van der Waals surface area contributed by atoms with Crippen molar-refractivity contribution in [3.63, 3.8) is 0 Å². The molecule has 0 bridgehead atoms. The van der Waals surface area contributed by atoms with Crippen molar-refractivity contribution in [3.8, 4) is 0 Å². The number of halogens is 1. The summed E-state index contributed by atoms with van der Waals surface area (Å²) in [6.07, 6.45) is 0. The molecule has 0 radical (unpaired) electrons. The molecule has 0 atom stereocenters. The summed E-state index contributed by atoms with van der Waals surface area (Å²) < 4.78 is 5.56. The number of rotatable bonds is 0. The lowest BCUT2D eigenvalue weighted by molar-refractivity contribution is 0.0391. The lowest BCUT2D eigenvalue weighted by Gasteiger charge is -2.17. The van der Waals surface area contributed by atoms with Crippen molar-refractivity contribution in [1.82, 2.24) is 0 Å². The maximum absolute atomic E-state index is 11.6. The fourth-order valence-electron chi connectivity index (χ4n) is 2.15. The second-order valence-electron chi connectivity index (χ2n) is 3.95. The number of carbonyl (C=O) groups excluding carboxylic acids is 2. The van der Waals surface area contributed by atoms with Crippen molar-refractivity contribution in [2.24, 2.45) is 0 Å². The van der Waals surface area contributed by atoms with E-state index in [0.29, 0.717) is 16.5 Å². The fourth-order valence-corrected chi connectivity index (χ4v) is 2.80. The first-order valence-corrected chi connectivity index (χ1v) is 5.87. The monoisotopic (exact) mass is 288 g/mol. The van der Waals surface area contributed by atoms with Gasteiger partial charge in [0, 0.05) is 9.86 Å². The van der Waals surface area contributed by atoms with E-state index in [1.807, 2.05) is 13.9 Å². The first-order valence-electron chi connectivity index (χ1n) is 5.08. The lowest BCUT2D eigenvalue weighted by atomic mass is 9.86. The first kappa shape index (κ1) is 10.5. The molecule has 1 aliphatic heterocycles. The SMILES string of the molecule is Bc1ccc2c3c(ccc(Br)c13)C(=O)OC2=O. The van der Waals surface area contributed by atoms with Gasteiger partial charge in [-0.05, 0) is 23.6 Å². The van der Waals surface area contributed by atoms with Gasteiger partial charge in [-0.25, -0.2) is 9.59 Å². The Labute approximate surface area is 106 Å². The Bertz CT molecular complexity index is 639. The number of hydrogen-bond donors (Lipinski definition) is 0. The van der Waals surface area contributed by atoms with Gasteiger partial charge in [0.15, 0.2) is 0 Å². The Hall–Kier alpha value is -1.62. The van der Waals surface area contributed by atoms with Crippen LogP contribution in [0.2, 0.25) is 0 Å². The molecular weight excluding hydrogens is 283 g/mol. The van der Waals surface area contributed by atoms with Crippen molar-refractivity contribution in [3.05, 3.63) is 39.9 Å². The number of carbonyl (C=O) groups is 2. The summed E-state index contributed by atoms with van der Waals surface area (Å²) in [5, 5.41) is 1.57. The highest BCUT2D eigenvalue weighted by Crippen LogP contribution is 2.31. The number of benzene rings is 2. The molecule has 2 aromatic rings. The van der Waals surface area contributed by atoms with Crippen LogP contribution >= 0.6 is 15.9 Å². The molecule has 2 aromatic carbocycles. The van der Waals surface area contributed by atoms with Crippen LogP contribution in [0.3, 0.4) is 0 Å². The van der Waals surface area contributed by atoms with E-state index in [-0.39, 0.29) is 0 Å². The van der Waals surface area contributed by atoms with E-state index < -0.39 is 11.9 Å². The Morgan fingerprint density at radius 2 is 1.53 bits per heavy atom. The lowest BCUT2D eigenvalue weighted by Crippen LogP contribution is -2.21. The van der Waals surface area contributed by atoms with E-state index in [1.54, 1.807) is 18.2 Å². The molecule has 1 aliphatic rings. The van der Waals surface area contributed by atoms with Gasteiger partial charge in [0.25, 0.3) is 0 Å². The minimum Gasteiger partial charge on any atom is -0.386 e. The Morgan fingerprint density at radius 1 is 0.941 bits per heavy atom. The van der Waals surface area contributed by atoms with Crippen LogP contribution in [0.4, 0.5) is 0 Å². The fraction of sp³-hybridized carbons (Fsp3) is 0. The van der Waals surface area contributed by atoms with Crippen LogP contribution in [0.5, 0.6) is 0 Å². The first-order chi connectivity index (χ1) is 8.09. The summed E-state index contributed by atoms with van der Waals surface area (Å²) in [5.74, 6) is -1.16. The predicted octanol–water partition coefficient (Wildman–Crippen LogP) is 1.17. The van der Waals surface area contributed by atoms with Gasteiger partial charge in [-0.1, -0.05) is 27.5 Å². The standard InChI is InChI=1S/C12H6BBrO3/c13-7-3-1-5-9-6(12(16)17-11(5)15)2-4-8(14)10(7)9/h1-4H,13H2. The molecule has 0 fully saturated rings. The molecule has 1 heterocycles. The van der Waals surface area contributed by atoms with Gasteiger partial charge in [-0.2, -0.15) is 0 Å². The van der Waals surface area contributed by atoms with Crippen molar-refractivity contribution >= 4 is 52.0 Å². The molecule has 17 heavy (non-hydrogen) atoms. The molecule has 82 valence electrons. The van der Waals surface area contributed by atoms with E-state index in [2.05, 4.69) is 20.7 Å². The summed E-state index contributed by atoms with van der Waals surface area (Å²) >= 11 is 3.45. The molecule has 0 N–H and O–H groups in total. The van der Waals surface area contributed by atoms with E-state index in [1.165, 1.54) is 0 Å². The maximum atomic E-state index is 11.6. The minimum absolute atomic E-state index is 0.446. The number of hydrogen-bond acceptors (Lipinski definition) is 3. The average Bonchev–Trinajstić information content (AvgIpc) is 2.28. The quantitative estimate of drug-likeness (QED) is 0.415. The molecule has 0 aliphatic carbocycles. The van der Waals surface area contributed by atoms with Crippen LogP contribution in [-0.4, -0.2) is 19.8 Å². The summed E-state index contributed by atoms with van der Waals surface area (Å²) in [4.78, 5) is 23.3. The second-order valence-corrected chi connectivity index (χ2v) is 4.81. The molecule has 0 unspecified atom stereocenters. The van der Waals surface area contributed by atoms with E-state index in [0.717, 1.165) is 15.3 Å². The number of ether oxygens (including phenoxy) is 1. The number of cyclic esters (lactones) is 2. The normalized spacial score (nSPS) is 13.9. The van der Waals surface area contributed by atoms with Crippen molar-refractivity contribution in [2.45, 2.75) is 0 Å². The molecule has 3 rings (SSSR count). The summed E-state index contributed by atoms with van der Waals surface area (Å²) in [6.45, 7) is 0. The predicted molar refractivity (Wildman–Crippen MR) is 69.6 cm³/mol. The summed E-state index contributed by atoms with van der Waals surface area (Å²) in [6, 6.07) is 7.02. The van der Waals surface area contributed by atoms with Crippen LogP contribution in [0.1, 0.15) is 20.7 Å². The molecule has 0 spiro atoms. The van der Waals surface area contributed by atoms with Crippen molar-refractivity contribution < 1.29 is 14.3 Å².